The smallest absolute Gasteiger partial charge is 0.176 e. The third-order valence-corrected chi connectivity index (χ3v) is 5.01. The molecule has 0 spiro atoms. The lowest BCUT2D eigenvalue weighted by Gasteiger charge is -2.01. The third kappa shape index (κ3) is 3.11. The third-order valence-electron chi connectivity index (χ3n) is 2.83. The number of hydrogen-bond acceptors (Lipinski definition) is 4. The normalized spacial score (nSPS) is 11.0. The van der Waals surface area contributed by atoms with Crippen LogP contribution in [0, 0.1) is 11.6 Å². The second-order valence-corrected chi connectivity index (χ2v) is 6.54. The van der Waals surface area contributed by atoms with Crippen molar-refractivity contribution >= 4 is 39.1 Å². The van der Waals surface area contributed by atoms with Crippen molar-refractivity contribution in [2.45, 2.75) is 4.34 Å². The highest BCUT2D eigenvalue weighted by molar-refractivity contribution is 8.01. The molecule has 0 saturated carbocycles. The number of carbonyl (C=O) groups excluding carboxylic acids is 1. The molecule has 1 aromatic heterocycles. The van der Waals surface area contributed by atoms with E-state index in [-0.39, 0.29) is 17.1 Å². The average molecular weight is 321 g/mol. The highest BCUT2D eigenvalue weighted by Crippen LogP contribution is 2.29. The number of aromatic nitrogens is 1. The van der Waals surface area contributed by atoms with Gasteiger partial charge in [-0.3, -0.25) is 4.79 Å². The Bertz CT molecular complexity index is 783. The summed E-state index contributed by atoms with van der Waals surface area (Å²) in [5, 5.41) is 0. The summed E-state index contributed by atoms with van der Waals surface area (Å²) in [5.41, 5.74) is 0.787. The number of ketones is 1. The molecule has 0 unspecified atom stereocenters. The molecular formula is C15H9F2NOS2. The van der Waals surface area contributed by atoms with E-state index < -0.39 is 11.6 Å². The maximum absolute atomic E-state index is 13.5. The van der Waals surface area contributed by atoms with E-state index in [0.717, 1.165) is 26.7 Å². The van der Waals surface area contributed by atoms with Gasteiger partial charge in [-0.1, -0.05) is 23.9 Å². The Morgan fingerprint density at radius 1 is 1.19 bits per heavy atom. The molecule has 3 rings (SSSR count). The number of fused-ring (bicyclic) bond motifs is 1. The van der Waals surface area contributed by atoms with Crippen LogP contribution in [-0.2, 0) is 0 Å². The van der Waals surface area contributed by atoms with Gasteiger partial charge in [0.1, 0.15) is 11.6 Å². The molecule has 0 N–H and O–H groups in total. The van der Waals surface area contributed by atoms with E-state index >= 15 is 0 Å². The highest BCUT2D eigenvalue weighted by Gasteiger charge is 2.14. The SMILES string of the molecule is O=C(CSc1nc2ccccc2s1)c1ccc(F)cc1F. The molecule has 6 heteroatoms. The van der Waals surface area contributed by atoms with Crippen molar-refractivity contribution in [2.75, 3.05) is 5.75 Å². The van der Waals surface area contributed by atoms with E-state index in [9.17, 15) is 13.6 Å². The van der Waals surface area contributed by atoms with Gasteiger partial charge in [-0.2, -0.15) is 0 Å². The van der Waals surface area contributed by atoms with E-state index in [2.05, 4.69) is 4.98 Å². The van der Waals surface area contributed by atoms with Crippen molar-refractivity contribution in [3.05, 3.63) is 59.7 Å². The number of Topliss-reactive ketones (excluding diaryl/α,β-unsaturated/α-hetero) is 1. The van der Waals surface area contributed by atoms with Crippen LogP contribution in [0.25, 0.3) is 10.2 Å². The fourth-order valence-corrected chi connectivity index (χ4v) is 3.79. The Morgan fingerprint density at radius 3 is 2.76 bits per heavy atom. The maximum Gasteiger partial charge on any atom is 0.176 e. The van der Waals surface area contributed by atoms with Crippen molar-refractivity contribution in [3.63, 3.8) is 0 Å². The summed E-state index contributed by atoms with van der Waals surface area (Å²) in [6.45, 7) is 0. The van der Waals surface area contributed by atoms with Crippen LogP contribution in [0.4, 0.5) is 8.78 Å². The molecule has 0 saturated heterocycles. The minimum atomic E-state index is -0.829. The first-order chi connectivity index (χ1) is 10.1. The zero-order valence-electron chi connectivity index (χ0n) is 10.7. The summed E-state index contributed by atoms with van der Waals surface area (Å²) in [4.78, 5) is 16.3. The molecule has 0 fully saturated rings. The van der Waals surface area contributed by atoms with Crippen LogP contribution in [0.5, 0.6) is 0 Å². The predicted molar refractivity (Wildman–Crippen MR) is 81.0 cm³/mol. The molecule has 0 atom stereocenters. The van der Waals surface area contributed by atoms with Crippen molar-refractivity contribution in [3.8, 4) is 0 Å². The number of rotatable bonds is 4. The van der Waals surface area contributed by atoms with Crippen molar-refractivity contribution in [1.29, 1.82) is 0 Å². The molecule has 0 aliphatic carbocycles. The van der Waals surface area contributed by atoms with Crippen LogP contribution in [-0.4, -0.2) is 16.5 Å². The van der Waals surface area contributed by atoms with E-state index in [0.29, 0.717) is 0 Å². The Hall–Kier alpha value is -1.79. The first kappa shape index (κ1) is 14.2. The summed E-state index contributed by atoms with van der Waals surface area (Å²) >= 11 is 2.75. The second-order valence-electron chi connectivity index (χ2n) is 4.28. The van der Waals surface area contributed by atoms with Crippen LogP contribution >= 0.6 is 23.1 Å². The lowest BCUT2D eigenvalue weighted by atomic mass is 10.1. The van der Waals surface area contributed by atoms with Crippen molar-refractivity contribution in [2.24, 2.45) is 0 Å². The summed E-state index contributed by atoms with van der Waals surface area (Å²) in [7, 11) is 0. The Morgan fingerprint density at radius 2 is 2.00 bits per heavy atom. The Labute approximate surface area is 127 Å². The van der Waals surface area contributed by atoms with Crippen LogP contribution in [0.1, 0.15) is 10.4 Å². The molecular weight excluding hydrogens is 312 g/mol. The van der Waals surface area contributed by atoms with Crippen LogP contribution in [0.2, 0.25) is 0 Å². The largest absolute Gasteiger partial charge is 0.293 e. The van der Waals surface area contributed by atoms with E-state index in [1.165, 1.54) is 29.2 Å². The van der Waals surface area contributed by atoms with Gasteiger partial charge >= 0.3 is 0 Å². The minimum Gasteiger partial charge on any atom is -0.293 e. The molecule has 1 heterocycles. The second kappa shape index (κ2) is 5.91. The average Bonchev–Trinajstić information content (AvgIpc) is 2.87. The fourth-order valence-electron chi connectivity index (χ4n) is 1.83. The minimum absolute atomic E-state index is 0.0718. The van der Waals surface area contributed by atoms with Gasteiger partial charge in [-0.25, -0.2) is 13.8 Å². The Kier molecular flexibility index (Phi) is 3.98. The number of hydrogen-bond donors (Lipinski definition) is 0. The van der Waals surface area contributed by atoms with Crippen molar-refractivity contribution in [1.82, 2.24) is 4.98 Å². The van der Waals surface area contributed by atoms with Gasteiger partial charge < -0.3 is 0 Å². The topological polar surface area (TPSA) is 30.0 Å². The van der Waals surface area contributed by atoms with Gasteiger partial charge in [0.05, 0.1) is 21.5 Å². The van der Waals surface area contributed by atoms with E-state index in [4.69, 9.17) is 0 Å². The zero-order valence-corrected chi connectivity index (χ0v) is 12.3. The number of thiazole rings is 1. The van der Waals surface area contributed by atoms with Crippen LogP contribution in [0.15, 0.2) is 46.8 Å². The van der Waals surface area contributed by atoms with Gasteiger partial charge in [0.2, 0.25) is 0 Å². The molecule has 0 aliphatic rings. The van der Waals surface area contributed by atoms with Crippen LogP contribution in [0.3, 0.4) is 0 Å². The van der Waals surface area contributed by atoms with Gasteiger partial charge in [0.15, 0.2) is 10.1 Å². The van der Waals surface area contributed by atoms with Gasteiger partial charge in [-0.15, -0.1) is 11.3 Å². The van der Waals surface area contributed by atoms with Gasteiger partial charge in [0, 0.05) is 6.07 Å². The zero-order chi connectivity index (χ0) is 14.8. The lowest BCUT2D eigenvalue weighted by molar-refractivity contribution is 0.101. The van der Waals surface area contributed by atoms with E-state index in [1.54, 1.807) is 0 Å². The molecule has 0 radical (unpaired) electrons. The molecule has 21 heavy (non-hydrogen) atoms. The number of thioether (sulfide) groups is 1. The Balaban J connectivity index is 1.73. The van der Waals surface area contributed by atoms with Gasteiger partial charge in [0.25, 0.3) is 0 Å². The number of carbonyl (C=O) groups is 1. The molecule has 2 aromatic carbocycles. The van der Waals surface area contributed by atoms with Crippen molar-refractivity contribution < 1.29 is 13.6 Å². The first-order valence-electron chi connectivity index (χ1n) is 6.10. The molecule has 0 aliphatic heterocycles. The lowest BCUT2D eigenvalue weighted by Crippen LogP contribution is -2.05. The molecule has 106 valence electrons. The summed E-state index contributed by atoms with van der Waals surface area (Å²) in [6, 6.07) is 10.7. The molecule has 3 aromatic rings. The first-order valence-corrected chi connectivity index (χ1v) is 7.90. The fraction of sp³-hybridized carbons (Fsp3) is 0.0667. The summed E-state index contributed by atoms with van der Waals surface area (Å²) in [5.74, 6) is -1.83. The molecule has 0 bridgehead atoms. The summed E-state index contributed by atoms with van der Waals surface area (Å²) in [6.07, 6.45) is 0. The number of benzene rings is 2. The molecule has 2 nitrogen and oxygen atoms in total. The van der Waals surface area contributed by atoms with Crippen LogP contribution < -0.4 is 0 Å². The number of halogens is 2. The van der Waals surface area contributed by atoms with E-state index in [1.807, 2.05) is 24.3 Å². The predicted octanol–water partition coefficient (Wildman–Crippen LogP) is 4.55. The number of nitrogens with zero attached hydrogens (tertiary/aromatic N) is 1. The standard InChI is InChI=1S/C15H9F2NOS2/c16-9-5-6-10(11(17)7-9)13(19)8-20-15-18-12-3-1-2-4-14(12)21-15/h1-7H,8H2. The summed E-state index contributed by atoms with van der Waals surface area (Å²) < 4.78 is 28.1. The maximum atomic E-state index is 13.5. The highest BCUT2D eigenvalue weighted by atomic mass is 32.2. The number of para-hydroxylation sites is 1. The monoisotopic (exact) mass is 321 g/mol. The van der Waals surface area contributed by atoms with Gasteiger partial charge in [-0.05, 0) is 24.3 Å². The molecule has 0 amide bonds. The quantitative estimate of drug-likeness (QED) is 0.521.